The van der Waals surface area contributed by atoms with Crippen LogP contribution in [0, 0.1) is 0 Å². The van der Waals surface area contributed by atoms with Crippen molar-refractivity contribution >= 4 is 34.0 Å². The van der Waals surface area contributed by atoms with Gasteiger partial charge in [0, 0.05) is 23.5 Å². The number of hydrogen-bond acceptors (Lipinski definition) is 5. The second-order valence-corrected chi connectivity index (χ2v) is 5.39. The Labute approximate surface area is 110 Å². The highest BCUT2D eigenvalue weighted by Crippen LogP contribution is 2.25. The molecule has 0 amide bonds. The molecular weight excluding hydrogens is 272 g/mol. The Morgan fingerprint density at radius 2 is 2.44 bits per heavy atom. The van der Waals surface area contributed by atoms with Gasteiger partial charge in [0.25, 0.3) is 0 Å². The first-order valence-electron chi connectivity index (χ1n) is 5.09. The number of carbonyl (C=O) groups is 1. The van der Waals surface area contributed by atoms with Crippen LogP contribution in [0.1, 0.15) is 16.2 Å². The topological polar surface area (TPSA) is 67.7 Å². The molecule has 3 aromatic rings. The number of fused-ring (bicyclic) bond motifs is 1. The number of rotatable bonds is 4. The molecule has 0 atom stereocenters. The van der Waals surface area contributed by atoms with Gasteiger partial charge in [0.05, 0.1) is 5.69 Å². The summed E-state index contributed by atoms with van der Waals surface area (Å²) in [6.07, 6.45) is 3.91. The molecule has 5 nitrogen and oxygen atoms in total. The normalized spacial score (nSPS) is 11.1. The number of thioether (sulfide) groups is 1. The van der Waals surface area contributed by atoms with Crippen LogP contribution in [0.15, 0.2) is 39.4 Å². The maximum Gasteiger partial charge on any atom is 0.371 e. The van der Waals surface area contributed by atoms with Crippen molar-refractivity contribution < 1.29 is 14.3 Å². The first-order valence-corrected chi connectivity index (χ1v) is 6.96. The molecule has 92 valence electrons. The van der Waals surface area contributed by atoms with Crippen LogP contribution in [-0.4, -0.2) is 20.5 Å². The van der Waals surface area contributed by atoms with Crippen molar-refractivity contribution in [3.8, 4) is 0 Å². The summed E-state index contributed by atoms with van der Waals surface area (Å²) >= 11 is 3.01. The van der Waals surface area contributed by atoms with Gasteiger partial charge in [-0.05, 0) is 12.1 Å². The van der Waals surface area contributed by atoms with Gasteiger partial charge < -0.3 is 9.52 Å². The molecule has 3 rings (SSSR count). The van der Waals surface area contributed by atoms with E-state index in [1.165, 1.54) is 17.8 Å². The third-order valence-corrected chi connectivity index (χ3v) is 4.01. The zero-order valence-electron chi connectivity index (χ0n) is 9.07. The standard InChI is InChI=1S/C11H8N2O3S2/c14-10(15)8-1-2-9(16-8)18-6-7-5-13-3-4-17-11(13)12-7/h1-5H,6H2,(H,14,15). The summed E-state index contributed by atoms with van der Waals surface area (Å²) < 4.78 is 7.12. The molecule has 1 N–H and O–H groups in total. The third kappa shape index (κ3) is 2.14. The van der Waals surface area contributed by atoms with Crippen LogP contribution >= 0.6 is 23.1 Å². The highest BCUT2D eigenvalue weighted by atomic mass is 32.2. The highest BCUT2D eigenvalue weighted by Gasteiger charge is 2.10. The molecule has 0 aliphatic rings. The van der Waals surface area contributed by atoms with Crippen molar-refractivity contribution in [3.05, 3.63) is 41.4 Å². The van der Waals surface area contributed by atoms with E-state index in [1.54, 1.807) is 17.4 Å². The zero-order valence-corrected chi connectivity index (χ0v) is 10.7. The fourth-order valence-corrected chi connectivity index (χ4v) is 2.96. The lowest BCUT2D eigenvalue weighted by Crippen LogP contribution is -1.91. The van der Waals surface area contributed by atoms with Crippen molar-refractivity contribution in [1.82, 2.24) is 9.38 Å². The number of imidazole rings is 1. The van der Waals surface area contributed by atoms with Gasteiger partial charge in [-0.25, -0.2) is 9.78 Å². The van der Waals surface area contributed by atoms with E-state index in [9.17, 15) is 4.79 Å². The molecule has 3 heterocycles. The van der Waals surface area contributed by atoms with Gasteiger partial charge in [-0.15, -0.1) is 11.3 Å². The molecule has 0 fully saturated rings. The number of nitrogens with zero attached hydrogens (tertiary/aromatic N) is 2. The van der Waals surface area contributed by atoms with E-state index in [-0.39, 0.29) is 5.76 Å². The average molecular weight is 280 g/mol. The minimum atomic E-state index is -1.05. The zero-order chi connectivity index (χ0) is 12.5. The number of hydrogen-bond donors (Lipinski definition) is 1. The minimum Gasteiger partial charge on any atom is -0.475 e. The van der Waals surface area contributed by atoms with Gasteiger partial charge in [0.2, 0.25) is 5.76 Å². The van der Waals surface area contributed by atoms with Crippen LogP contribution in [0.3, 0.4) is 0 Å². The average Bonchev–Trinajstić information content (AvgIpc) is 3.01. The van der Waals surface area contributed by atoms with Crippen molar-refractivity contribution in [2.24, 2.45) is 0 Å². The van der Waals surface area contributed by atoms with Gasteiger partial charge >= 0.3 is 5.97 Å². The van der Waals surface area contributed by atoms with E-state index in [2.05, 4.69) is 4.98 Å². The quantitative estimate of drug-likeness (QED) is 0.744. The fraction of sp³-hybridized carbons (Fsp3) is 0.0909. The lowest BCUT2D eigenvalue weighted by atomic mass is 10.5. The van der Waals surface area contributed by atoms with Crippen LogP contribution in [0.2, 0.25) is 0 Å². The van der Waals surface area contributed by atoms with E-state index >= 15 is 0 Å². The molecule has 18 heavy (non-hydrogen) atoms. The Morgan fingerprint density at radius 3 is 3.17 bits per heavy atom. The molecule has 0 radical (unpaired) electrons. The van der Waals surface area contributed by atoms with Crippen LogP contribution < -0.4 is 0 Å². The predicted molar refractivity (Wildman–Crippen MR) is 68.3 cm³/mol. The Balaban J connectivity index is 1.70. The van der Waals surface area contributed by atoms with Crippen molar-refractivity contribution in [3.63, 3.8) is 0 Å². The first-order chi connectivity index (χ1) is 8.72. The molecule has 0 aliphatic heterocycles. The maximum absolute atomic E-state index is 10.7. The molecule has 0 saturated carbocycles. The first kappa shape index (κ1) is 11.4. The molecule has 3 aromatic heterocycles. The van der Waals surface area contributed by atoms with Gasteiger partial charge in [-0.1, -0.05) is 11.8 Å². The Morgan fingerprint density at radius 1 is 1.56 bits per heavy atom. The second-order valence-electron chi connectivity index (χ2n) is 3.54. The van der Waals surface area contributed by atoms with E-state index in [0.717, 1.165) is 10.7 Å². The molecule has 0 aromatic carbocycles. The number of thiazole rings is 1. The second kappa shape index (κ2) is 4.51. The summed E-state index contributed by atoms with van der Waals surface area (Å²) in [7, 11) is 0. The number of aromatic carboxylic acids is 1. The summed E-state index contributed by atoms with van der Waals surface area (Å²) in [6.45, 7) is 0. The summed E-state index contributed by atoms with van der Waals surface area (Å²) in [6, 6.07) is 3.11. The van der Waals surface area contributed by atoms with Gasteiger partial charge in [-0.2, -0.15) is 0 Å². The van der Waals surface area contributed by atoms with E-state index < -0.39 is 5.97 Å². The van der Waals surface area contributed by atoms with E-state index in [1.807, 2.05) is 22.2 Å². The Hall–Kier alpha value is -1.73. The predicted octanol–water partition coefficient (Wildman–Crippen LogP) is 2.98. The third-order valence-electron chi connectivity index (χ3n) is 2.30. The number of carboxylic acid groups (broad SMARTS) is 1. The number of furan rings is 1. The van der Waals surface area contributed by atoms with Gasteiger partial charge in [0.15, 0.2) is 10.1 Å². The number of carboxylic acids is 1. The molecular formula is C11H8N2O3S2. The smallest absolute Gasteiger partial charge is 0.371 e. The van der Waals surface area contributed by atoms with Crippen molar-refractivity contribution in [2.75, 3.05) is 0 Å². The maximum atomic E-state index is 10.7. The van der Waals surface area contributed by atoms with E-state index in [0.29, 0.717) is 10.8 Å². The van der Waals surface area contributed by atoms with Crippen LogP contribution in [0.25, 0.3) is 4.96 Å². The number of aromatic nitrogens is 2. The molecule has 0 saturated heterocycles. The summed E-state index contributed by atoms with van der Waals surface area (Å²) in [5, 5.41) is 11.3. The SMILES string of the molecule is O=C(O)c1ccc(SCc2cn3ccsc3n2)o1. The lowest BCUT2D eigenvalue weighted by Gasteiger charge is -1.93. The highest BCUT2D eigenvalue weighted by molar-refractivity contribution is 7.98. The minimum absolute atomic E-state index is 0.0386. The summed E-state index contributed by atoms with van der Waals surface area (Å²) in [5.74, 6) is -0.436. The largest absolute Gasteiger partial charge is 0.475 e. The Kier molecular flexibility index (Phi) is 2.85. The van der Waals surface area contributed by atoms with Crippen LogP contribution in [0.5, 0.6) is 0 Å². The van der Waals surface area contributed by atoms with Crippen molar-refractivity contribution in [2.45, 2.75) is 10.8 Å². The molecule has 0 aliphatic carbocycles. The molecule has 0 unspecified atom stereocenters. The lowest BCUT2D eigenvalue weighted by molar-refractivity contribution is 0.0656. The summed E-state index contributed by atoms with van der Waals surface area (Å²) in [4.78, 5) is 16.0. The van der Waals surface area contributed by atoms with Crippen molar-refractivity contribution in [1.29, 1.82) is 0 Å². The van der Waals surface area contributed by atoms with Crippen LogP contribution in [-0.2, 0) is 5.75 Å². The summed E-state index contributed by atoms with van der Waals surface area (Å²) in [5.41, 5.74) is 0.945. The monoisotopic (exact) mass is 280 g/mol. The van der Waals surface area contributed by atoms with Gasteiger partial charge in [-0.3, -0.25) is 4.40 Å². The van der Waals surface area contributed by atoms with E-state index in [4.69, 9.17) is 9.52 Å². The van der Waals surface area contributed by atoms with Gasteiger partial charge in [0.1, 0.15) is 0 Å². The molecule has 7 heteroatoms. The Bertz CT molecular complexity index is 669. The fourth-order valence-electron chi connectivity index (χ4n) is 1.50. The molecule has 0 bridgehead atoms. The molecule has 0 spiro atoms. The van der Waals surface area contributed by atoms with Crippen LogP contribution in [0.4, 0.5) is 0 Å².